The van der Waals surface area contributed by atoms with Gasteiger partial charge in [-0.15, -0.1) is 0 Å². The zero-order chi connectivity index (χ0) is 11.3. The van der Waals surface area contributed by atoms with Gasteiger partial charge >= 0.3 is 0 Å². The zero-order valence-corrected chi connectivity index (χ0v) is 8.36. The van der Waals surface area contributed by atoms with Crippen molar-refractivity contribution in [1.29, 1.82) is 0 Å². The molecule has 0 aliphatic heterocycles. The lowest BCUT2D eigenvalue weighted by Gasteiger charge is -2.00. The van der Waals surface area contributed by atoms with Crippen LogP contribution < -0.4 is 11.1 Å². The minimum absolute atomic E-state index is 0.0164. The van der Waals surface area contributed by atoms with E-state index in [0.717, 1.165) is 12.2 Å². The largest absolute Gasteiger partial charge is 0.456 e. The molecule has 0 atom stereocenters. The summed E-state index contributed by atoms with van der Waals surface area (Å²) in [5, 5.41) is 13.4. The average Bonchev–Trinajstić information content (AvgIpc) is 2.73. The van der Waals surface area contributed by atoms with E-state index < -0.39 is 0 Å². The van der Waals surface area contributed by atoms with Crippen molar-refractivity contribution in [2.75, 3.05) is 6.54 Å². The summed E-state index contributed by atoms with van der Waals surface area (Å²) in [6.07, 6.45) is 0.730. The molecule has 0 aliphatic carbocycles. The molecule has 0 bridgehead atoms. The zero-order valence-electron chi connectivity index (χ0n) is 8.36. The minimum Gasteiger partial charge on any atom is -0.456 e. The van der Waals surface area contributed by atoms with Crippen LogP contribution in [0, 0.1) is 0 Å². The third kappa shape index (κ3) is 3.01. The molecule has 6 heteroatoms. The number of carbonyl (C=O) groups excluding carboxylic acids is 1. The highest BCUT2D eigenvalue weighted by atomic mass is 16.4. The first kappa shape index (κ1) is 11.1. The normalized spacial score (nSPS) is 11.4. The Bertz CT molecular complexity index is 370. The van der Waals surface area contributed by atoms with Crippen molar-refractivity contribution in [3.05, 3.63) is 23.7 Å². The molecule has 1 aromatic heterocycles. The van der Waals surface area contributed by atoms with Crippen molar-refractivity contribution < 1.29 is 14.4 Å². The maximum atomic E-state index is 11.4. The van der Waals surface area contributed by atoms with Crippen molar-refractivity contribution in [3.63, 3.8) is 0 Å². The monoisotopic (exact) mass is 211 g/mol. The number of hydrogen-bond donors (Lipinski definition) is 3. The van der Waals surface area contributed by atoms with Crippen LogP contribution in [0.3, 0.4) is 0 Å². The number of nitrogens with zero attached hydrogens (tertiary/aromatic N) is 1. The van der Waals surface area contributed by atoms with Crippen LogP contribution in [-0.2, 0) is 6.42 Å². The van der Waals surface area contributed by atoms with Crippen LogP contribution in [0.4, 0.5) is 0 Å². The Balaban J connectivity index is 2.54. The lowest BCUT2D eigenvalue weighted by molar-refractivity contribution is 0.0930. The van der Waals surface area contributed by atoms with Gasteiger partial charge in [0.2, 0.25) is 0 Å². The first-order valence-corrected chi connectivity index (χ1v) is 4.50. The van der Waals surface area contributed by atoms with Crippen molar-refractivity contribution in [1.82, 2.24) is 5.32 Å². The molecule has 82 valence electrons. The van der Waals surface area contributed by atoms with Crippen LogP contribution in [0.1, 0.15) is 23.2 Å². The Morgan fingerprint density at radius 1 is 1.67 bits per heavy atom. The van der Waals surface area contributed by atoms with E-state index in [0.29, 0.717) is 0 Å². The van der Waals surface area contributed by atoms with Gasteiger partial charge in [-0.3, -0.25) is 4.79 Å². The summed E-state index contributed by atoms with van der Waals surface area (Å²) in [5.74, 6) is 0.508. The molecule has 0 fully saturated rings. The highest BCUT2D eigenvalue weighted by molar-refractivity contribution is 5.94. The molecular weight excluding hydrogens is 198 g/mol. The number of amidine groups is 1. The first-order chi connectivity index (χ1) is 7.17. The number of rotatable bonds is 4. The summed E-state index contributed by atoms with van der Waals surface area (Å²) in [4.78, 5) is 11.4. The molecule has 1 rings (SSSR count). The molecule has 0 spiro atoms. The van der Waals surface area contributed by atoms with Crippen LogP contribution in [0.25, 0.3) is 0 Å². The average molecular weight is 211 g/mol. The standard InChI is InChI=1S/C9H13N3O3/c1-2-6-3-4-7(15-6)9(13)11-5-8(10)12-14/h3-4,14H,2,5H2,1H3,(H2,10,12)(H,11,13). The first-order valence-electron chi connectivity index (χ1n) is 4.50. The highest BCUT2D eigenvalue weighted by Crippen LogP contribution is 2.07. The number of amides is 1. The molecule has 1 amide bonds. The molecule has 0 aliphatic rings. The second-order valence-electron chi connectivity index (χ2n) is 2.89. The maximum absolute atomic E-state index is 11.4. The molecule has 0 radical (unpaired) electrons. The second-order valence-corrected chi connectivity index (χ2v) is 2.89. The maximum Gasteiger partial charge on any atom is 0.287 e. The Morgan fingerprint density at radius 3 is 2.93 bits per heavy atom. The SMILES string of the molecule is CCc1ccc(C(=O)NCC(N)=NO)o1. The smallest absolute Gasteiger partial charge is 0.287 e. The predicted molar refractivity (Wildman–Crippen MR) is 53.8 cm³/mol. The van der Waals surface area contributed by atoms with Gasteiger partial charge in [0, 0.05) is 6.42 Å². The number of oxime groups is 1. The molecule has 0 saturated carbocycles. The van der Waals surface area contributed by atoms with Gasteiger partial charge in [-0.25, -0.2) is 0 Å². The molecule has 0 aromatic carbocycles. The summed E-state index contributed by atoms with van der Waals surface area (Å²) in [7, 11) is 0. The molecular formula is C9H13N3O3. The molecule has 6 nitrogen and oxygen atoms in total. The predicted octanol–water partition coefficient (Wildman–Crippen LogP) is 0.318. The van der Waals surface area contributed by atoms with Crippen LogP contribution in [0.5, 0.6) is 0 Å². The lowest BCUT2D eigenvalue weighted by atomic mass is 10.3. The Morgan fingerprint density at radius 2 is 2.40 bits per heavy atom. The Kier molecular flexibility index (Phi) is 3.73. The second kappa shape index (κ2) is 5.04. The molecule has 4 N–H and O–H groups in total. The Hall–Kier alpha value is -1.98. The Labute approximate surface area is 86.7 Å². The molecule has 1 heterocycles. The van der Waals surface area contributed by atoms with Gasteiger partial charge in [-0.05, 0) is 12.1 Å². The number of aryl methyl sites for hydroxylation is 1. The summed E-state index contributed by atoms with van der Waals surface area (Å²) in [5.41, 5.74) is 5.19. The number of nitrogens with one attached hydrogen (secondary N) is 1. The van der Waals surface area contributed by atoms with Gasteiger partial charge in [0.15, 0.2) is 11.6 Å². The third-order valence-corrected chi connectivity index (χ3v) is 1.79. The van der Waals surface area contributed by atoms with Crippen molar-refractivity contribution in [3.8, 4) is 0 Å². The van der Waals surface area contributed by atoms with Crippen LogP contribution in [0.2, 0.25) is 0 Å². The van der Waals surface area contributed by atoms with Crippen LogP contribution in [0.15, 0.2) is 21.7 Å². The summed E-state index contributed by atoms with van der Waals surface area (Å²) >= 11 is 0. The van der Waals surface area contributed by atoms with Crippen LogP contribution >= 0.6 is 0 Å². The van der Waals surface area contributed by atoms with E-state index in [1.807, 2.05) is 6.92 Å². The number of furan rings is 1. The van der Waals surface area contributed by atoms with Gasteiger partial charge in [0.1, 0.15) is 5.76 Å². The topological polar surface area (TPSA) is 101 Å². The number of carbonyl (C=O) groups is 1. The molecule has 0 saturated heterocycles. The fraction of sp³-hybridized carbons (Fsp3) is 0.333. The summed E-state index contributed by atoms with van der Waals surface area (Å²) < 4.78 is 5.21. The van der Waals surface area contributed by atoms with Gasteiger partial charge < -0.3 is 20.7 Å². The summed E-state index contributed by atoms with van der Waals surface area (Å²) in [6.45, 7) is 1.91. The van der Waals surface area contributed by atoms with Crippen LogP contribution in [-0.4, -0.2) is 23.5 Å². The minimum atomic E-state index is -0.388. The van der Waals surface area contributed by atoms with E-state index in [1.165, 1.54) is 0 Å². The van der Waals surface area contributed by atoms with Gasteiger partial charge in [0.25, 0.3) is 5.91 Å². The van der Waals surface area contributed by atoms with E-state index in [-0.39, 0.29) is 24.0 Å². The number of nitrogens with two attached hydrogens (primary N) is 1. The fourth-order valence-electron chi connectivity index (χ4n) is 0.983. The molecule has 1 aromatic rings. The van der Waals surface area contributed by atoms with E-state index in [1.54, 1.807) is 12.1 Å². The third-order valence-electron chi connectivity index (χ3n) is 1.79. The van der Waals surface area contributed by atoms with Crippen molar-refractivity contribution >= 4 is 11.7 Å². The van der Waals surface area contributed by atoms with E-state index in [9.17, 15) is 4.79 Å². The van der Waals surface area contributed by atoms with E-state index >= 15 is 0 Å². The fourth-order valence-corrected chi connectivity index (χ4v) is 0.983. The number of hydrogen-bond acceptors (Lipinski definition) is 4. The lowest BCUT2D eigenvalue weighted by Crippen LogP contribution is -2.33. The van der Waals surface area contributed by atoms with Crippen molar-refractivity contribution in [2.45, 2.75) is 13.3 Å². The van der Waals surface area contributed by atoms with Gasteiger partial charge in [-0.2, -0.15) is 0 Å². The quantitative estimate of drug-likeness (QED) is 0.289. The molecule has 15 heavy (non-hydrogen) atoms. The van der Waals surface area contributed by atoms with Crippen molar-refractivity contribution in [2.24, 2.45) is 10.9 Å². The summed E-state index contributed by atoms with van der Waals surface area (Å²) in [6, 6.07) is 3.32. The van der Waals surface area contributed by atoms with E-state index in [2.05, 4.69) is 10.5 Å². The molecule has 0 unspecified atom stereocenters. The van der Waals surface area contributed by atoms with Gasteiger partial charge in [-0.1, -0.05) is 12.1 Å². The van der Waals surface area contributed by atoms with E-state index in [4.69, 9.17) is 15.4 Å². The highest BCUT2D eigenvalue weighted by Gasteiger charge is 2.10. The van der Waals surface area contributed by atoms with Gasteiger partial charge in [0.05, 0.1) is 6.54 Å².